The number of rotatable bonds is 11. The number of alkyl halides is 3. The van der Waals surface area contributed by atoms with E-state index in [1.165, 1.54) is 12.1 Å². The average molecular weight is 565 g/mol. The molecule has 1 atom stereocenters. The number of carbonyl (C=O) groups is 1. The van der Waals surface area contributed by atoms with E-state index in [0.29, 0.717) is 6.61 Å². The van der Waals surface area contributed by atoms with Crippen molar-refractivity contribution in [3.8, 4) is 16.9 Å². The molecule has 1 unspecified atom stereocenters. The van der Waals surface area contributed by atoms with Gasteiger partial charge < -0.3 is 15.2 Å². The molecule has 41 heavy (non-hydrogen) atoms. The van der Waals surface area contributed by atoms with Crippen LogP contribution in [0.1, 0.15) is 40.8 Å². The molecule has 3 N–H and O–H groups in total. The highest BCUT2D eigenvalue weighted by molar-refractivity contribution is 5.66. The van der Waals surface area contributed by atoms with Crippen molar-refractivity contribution in [1.82, 2.24) is 10.6 Å². The van der Waals surface area contributed by atoms with E-state index in [1.54, 1.807) is 18.2 Å². The lowest BCUT2D eigenvalue weighted by Gasteiger charge is -2.22. The number of aryl methyl sites for hydroxylation is 1. The smallest absolute Gasteiger partial charge is 0.407 e. The minimum absolute atomic E-state index is 0.0572. The number of halogens is 3. The minimum Gasteiger partial charge on any atom is -0.489 e. The van der Waals surface area contributed by atoms with E-state index in [1.807, 2.05) is 61.6 Å². The fourth-order valence-corrected chi connectivity index (χ4v) is 4.57. The van der Waals surface area contributed by atoms with Crippen LogP contribution in [0, 0.1) is 0 Å². The Morgan fingerprint density at radius 3 is 2.17 bits per heavy atom. The quantitative estimate of drug-likeness (QED) is 0.167. The van der Waals surface area contributed by atoms with Crippen LogP contribution in [0.4, 0.5) is 13.2 Å². The van der Waals surface area contributed by atoms with Crippen LogP contribution in [0.25, 0.3) is 11.1 Å². The molecule has 0 aromatic heterocycles. The van der Waals surface area contributed by atoms with Gasteiger partial charge in [-0.1, -0.05) is 79.7 Å². The topological polar surface area (TPSA) is 70.6 Å². The van der Waals surface area contributed by atoms with E-state index in [-0.39, 0.29) is 18.6 Å². The second kappa shape index (κ2) is 15.6. The maximum atomic E-state index is 13.9. The summed E-state index contributed by atoms with van der Waals surface area (Å²) in [6.45, 7) is 2.93. The Kier molecular flexibility index (Phi) is 11.9. The SMILES string of the molecule is CCc1ccccc1OCc1cc(CNC(c2ccccc2)C(F)(F)F)cc(-c2cccc(CNC)c2)c1.O=CO. The second-order valence-electron chi connectivity index (χ2n) is 9.39. The number of para-hydroxylation sites is 1. The lowest BCUT2D eigenvalue weighted by molar-refractivity contribution is -0.158. The van der Waals surface area contributed by atoms with Crippen LogP contribution >= 0.6 is 0 Å². The molecule has 0 heterocycles. The molecular formula is C33H35F3N2O3. The van der Waals surface area contributed by atoms with Crippen molar-refractivity contribution in [2.24, 2.45) is 0 Å². The third-order valence-electron chi connectivity index (χ3n) is 6.41. The van der Waals surface area contributed by atoms with Crippen LogP contribution in [-0.4, -0.2) is 24.8 Å². The van der Waals surface area contributed by atoms with Crippen molar-refractivity contribution in [3.05, 3.63) is 125 Å². The molecule has 216 valence electrons. The third kappa shape index (κ3) is 9.48. The molecule has 0 aliphatic heterocycles. The van der Waals surface area contributed by atoms with E-state index < -0.39 is 12.2 Å². The van der Waals surface area contributed by atoms with Crippen LogP contribution in [-0.2, 0) is 30.9 Å². The fourth-order valence-electron chi connectivity index (χ4n) is 4.57. The number of carboxylic acid groups (broad SMARTS) is 1. The molecule has 0 spiro atoms. The summed E-state index contributed by atoms with van der Waals surface area (Å²) in [6, 6.07) is 28.2. The van der Waals surface area contributed by atoms with Crippen LogP contribution in [0.3, 0.4) is 0 Å². The normalized spacial score (nSPS) is 11.7. The van der Waals surface area contributed by atoms with Crippen molar-refractivity contribution >= 4 is 6.47 Å². The molecular weight excluding hydrogens is 529 g/mol. The predicted molar refractivity (Wildman–Crippen MR) is 156 cm³/mol. The van der Waals surface area contributed by atoms with Crippen molar-refractivity contribution in [2.75, 3.05) is 7.05 Å². The van der Waals surface area contributed by atoms with Gasteiger partial charge in [0.25, 0.3) is 6.47 Å². The van der Waals surface area contributed by atoms with Crippen molar-refractivity contribution in [2.45, 2.75) is 45.3 Å². The first-order valence-corrected chi connectivity index (χ1v) is 13.3. The van der Waals surface area contributed by atoms with E-state index in [0.717, 1.165) is 52.1 Å². The first-order valence-electron chi connectivity index (χ1n) is 13.3. The summed E-state index contributed by atoms with van der Waals surface area (Å²) in [5.74, 6) is 0.817. The van der Waals surface area contributed by atoms with Crippen LogP contribution in [0.15, 0.2) is 97.1 Å². The van der Waals surface area contributed by atoms with E-state index in [9.17, 15) is 13.2 Å². The van der Waals surface area contributed by atoms with E-state index in [4.69, 9.17) is 14.6 Å². The summed E-state index contributed by atoms with van der Waals surface area (Å²) >= 11 is 0. The lowest BCUT2D eigenvalue weighted by atomic mass is 9.98. The molecule has 0 amide bonds. The highest BCUT2D eigenvalue weighted by atomic mass is 19.4. The van der Waals surface area contributed by atoms with Gasteiger partial charge in [-0.25, -0.2) is 0 Å². The first-order chi connectivity index (χ1) is 19.8. The van der Waals surface area contributed by atoms with Gasteiger partial charge in [0.2, 0.25) is 0 Å². The summed E-state index contributed by atoms with van der Waals surface area (Å²) < 4.78 is 48.0. The van der Waals surface area contributed by atoms with Gasteiger partial charge in [0, 0.05) is 13.1 Å². The Hall–Kier alpha value is -4.14. The minimum atomic E-state index is -4.42. The average Bonchev–Trinajstić information content (AvgIpc) is 2.97. The van der Waals surface area contributed by atoms with Crippen molar-refractivity contribution in [1.29, 1.82) is 0 Å². The summed E-state index contributed by atoms with van der Waals surface area (Å²) in [5, 5.41) is 12.8. The van der Waals surface area contributed by atoms with Gasteiger partial charge in [-0.05, 0) is 76.7 Å². The van der Waals surface area contributed by atoms with Gasteiger partial charge in [0.1, 0.15) is 18.4 Å². The van der Waals surface area contributed by atoms with Gasteiger partial charge in [-0.2, -0.15) is 13.2 Å². The maximum absolute atomic E-state index is 13.9. The zero-order chi connectivity index (χ0) is 29.7. The summed E-state index contributed by atoms with van der Waals surface area (Å²) in [4.78, 5) is 8.36. The van der Waals surface area contributed by atoms with E-state index >= 15 is 0 Å². The van der Waals surface area contributed by atoms with Crippen LogP contribution in [0.5, 0.6) is 5.75 Å². The predicted octanol–water partition coefficient (Wildman–Crippen LogP) is 7.31. The summed E-state index contributed by atoms with van der Waals surface area (Å²) in [6.07, 6.45) is -3.57. The molecule has 0 radical (unpaired) electrons. The number of hydrogen-bond donors (Lipinski definition) is 3. The zero-order valence-corrected chi connectivity index (χ0v) is 23.1. The molecule has 4 aromatic rings. The van der Waals surface area contributed by atoms with Gasteiger partial charge in [-0.15, -0.1) is 0 Å². The summed E-state index contributed by atoms with van der Waals surface area (Å²) in [5.41, 5.74) is 6.03. The zero-order valence-electron chi connectivity index (χ0n) is 23.1. The molecule has 4 aromatic carbocycles. The van der Waals surface area contributed by atoms with Gasteiger partial charge in [-0.3, -0.25) is 10.1 Å². The molecule has 8 heteroatoms. The van der Waals surface area contributed by atoms with Gasteiger partial charge in [0.05, 0.1) is 0 Å². The molecule has 0 bridgehead atoms. The second-order valence-corrected chi connectivity index (χ2v) is 9.39. The van der Waals surface area contributed by atoms with E-state index in [2.05, 4.69) is 29.7 Å². The molecule has 0 saturated heterocycles. The maximum Gasteiger partial charge on any atom is 0.407 e. The third-order valence-corrected chi connectivity index (χ3v) is 6.41. The van der Waals surface area contributed by atoms with Crippen molar-refractivity contribution < 1.29 is 27.8 Å². The number of benzene rings is 4. The molecule has 0 aliphatic carbocycles. The molecule has 4 rings (SSSR count). The molecule has 0 aliphatic rings. The number of ether oxygens (including phenoxy) is 1. The Morgan fingerprint density at radius 1 is 0.829 bits per heavy atom. The Morgan fingerprint density at radius 2 is 1.49 bits per heavy atom. The Labute approximate surface area is 239 Å². The van der Waals surface area contributed by atoms with Crippen LogP contribution in [0.2, 0.25) is 0 Å². The number of nitrogens with one attached hydrogen (secondary N) is 2. The highest BCUT2D eigenvalue weighted by Gasteiger charge is 2.40. The molecule has 5 nitrogen and oxygen atoms in total. The molecule has 0 fully saturated rings. The highest BCUT2D eigenvalue weighted by Crippen LogP contribution is 2.33. The monoisotopic (exact) mass is 564 g/mol. The van der Waals surface area contributed by atoms with Crippen molar-refractivity contribution in [3.63, 3.8) is 0 Å². The largest absolute Gasteiger partial charge is 0.489 e. The Balaban J connectivity index is 0.00000147. The fraction of sp³-hybridized carbons (Fsp3) is 0.242. The van der Waals surface area contributed by atoms with Gasteiger partial charge >= 0.3 is 6.18 Å². The first kappa shape index (κ1) is 31.4. The van der Waals surface area contributed by atoms with Crippen LogP contribution < -0.4 is 15.4 Å². The van der Waals surface area contributed by atoms with Gasteiger partial charge in [0.15, 0.2) is 0 Å². The number of hydrogen-bond acceptors (Lipinski definition) is 4. The standard InChI is InChI=1S/C32H33F3N2O.CH2O2/c1-3-26-11-7-8-15-30(26)38-22-25-16-24(18-29(19-25)28-14-9-10-23(17-28)20-36-2)21-37-31(32(33,34)35)27-12-5-4-6-13-27;2-1-3/h4-19,31,36-37H,3,20-22H2,1-2H3;1H,(H,2,3). The summed E-state index contributed by atoms with van der Waals surface area (Å²) in [7, 11) is 1.90. The Bertz CT molecular complexity index is 1380. The lowest BCUT2D eigenvalue weighted by Crippen LogP contribution is -2.33. The molecule has 0 saturated carbocycles.